The van der Waals surface area contributed by atoms with Crippen molar-refractivity contribution in [3.05, 3.63) is 83.9 Å². The number of hydrogen-bond donors (Lipinski definition) is 1. The molecule has 1 aromatic heterocycles. The molecule has 9 heteroatoms. The first-order chi connectivity index (χ1) is 18.5. The van der Waals surface area contributed by atoms with Gasteiger partial charge in [0.1, 0.15) is 5.75 Å². The third-order valence-electron chi connectivity index (χ3n) is 6.03. The molecule has 196 valence electrons. The van der Waals surface area contributed by atoms with Crippen LogP contribution in [0.25, 0.3) is 17.1 Å². The second-order valence-electron chi connectivity index (χ2n) is 8.55. The van der Waals surface area contributed by atoms with Crippen molar-refractivity contribution >= 4 is 29.6 Å². The fraction of sp³-hybridized carbons (Fsp3) is 0.241. The van der Waals surface area contributed by atoms with Crippen LogP contribution in [0.1, 0.15) is 25.0 Å². The van der Waals surface area contributed by atoms with Crippen molar-refractivity contribution in [1.29, 1.82) is 0 Å². The molecular weight excluding hydrogens is 496 g/mol. The SMILES string of the molecule is CCN(CC)c1ccc(C=NNC(=O)CSc2nnc(-c3ccc(C)cc3)n2-c2ccc(OC)cc2)cc1. The van der Waals surface area contributed by atoms with Gasteiger partial charge in [0, 0.05) is 30.0 Å². The number of thioether (sulfide) groups is 1. The molecule has 8 nitrogen and oxygen atoms in total. The summed E-state index contributed by atoms with van der Waals surface area (Å²) < 4.78 is 7.25. The number of methoxy groups -OCH3 is 1. The highest BCUT2D eigenvalue weighted by molar-refractivity contribution is 7.99. The topological polar surface area (TPSA) is 84.6 Å². The molecule has 0 fully saturated rings. The zero-order valence-corrected chi connectivity index (χ0v) is 22.9. The number of carbonyl (C=O) groups is 1. The van der Waals surface area contributed by atoms with E-state index in [1.54, 1.807) is 13.3 Å². The fourth-order valence-electron chi connectivity index (χ4n) is 3.92. The minimum absolute atomic E-state index is 0.139. The first-order valence-electron chi connectivity index (χ1n) is 12.5. The van der Waals surface area contributed by atoms with Crippen LogP contribution in [-0.2, 0) is 4.79 Å². The Labute approximate surface area is 227 Å². The number of rotatable bonds is 11. The van der Waals surface area contributed by atoms with Gasteiger partial charge >= 0.3 is 0 Å². The fourth-order valence-corrected chi connectivity index (χ4v) is 4.66. The first kappa shape index (κ1) is 26.9. The smallest absolute Gasteiger partial charge is 0.250 e. The average molecular weight is 529 g/mol. The molecule has 0 aliphatic heterocycles. The Kier molecular flexibility index (Phi) is 9.16. The second-order valence-corrected chi connectivity index (χ2v) is 9.49. The molecule has 1 heterocycles. The van der Waals surface area contributed by atoms with Gasteiger partial charge in [-0.05, 0) is 62.7 Å². The third kappa shape index (κ3) is 6.60. The molecule has 1 N–H and O–H groups in total. The monoisotopic (exact) mass is 528 g/mol. The lowest BCUT2D eigenvalue weighted by Crippen LogP contribution is -2.21. The van der Waals surface area contributed by atoms with E-state index in [0.717, 1.165) is 41.2 Å². The largest absolute Gasteiger partial charge is 0.497 e. The number of aryl methyl sites for hydroxylation is 1. The zero-order valence-electron chi connectivity index (χ0n) is 22.1. The maximum absolute atomic E-state index is 12.5. The molecule has 0 radical (unpaired) electrons. The van der Waals surface area contributed by atoms with Gasteiger partial charge in [0.15, 0.2) is 11.0 Å². The minimum Gasteiger partial charge on any atom is -0.497 e. The van der Waals surface area contributed by atoms with E-state index in [1.807, 2.05) is 72.2 Å². The third-order valence-corrected chi connectivity index (χ3v) is 6.96. The molecule has 38 heavy (non-hydrogen) atoms. The van der Waals surface area contributed by atoms with E-state index in [2.05, 4.69) is 51.6 Å². The number of amides is 1. The summed E-state index contributed by atoms with van der Waals surface area (Å²) in [6.45, 7) is 8.22. The Bertz CT molecular complexity index is 1360. The van der Waals surface area contributed by atoms with Crippen LogP contribution in [0, 0.1) is 6.92 Å². The molecule has 0 atom stereocenters. The van der Waals surface area contributed by atoms with E-state index in [-0.39, 0.29) is 11.7 Å². The van der Waals surface area contributed by atoms with Crippen molar-refractivity contribution in [3.63, 3.8) is 0 Å². The van der Waals surface area contributed by atoms with Crippen molar-refractivity contribution in [2.24, 2.45) is 5.10 Å². The Morgan fingerprint density at radius 1 is 1.00 bits per heavy atom. The van der Waals surface area contributed by atoms with Gasteiger partial charge in [-0.3, -0.25) is 9.36 Å². The summed E-state index contributed by atoms with van der Waals surface area (Å²) in [6, 6.07) is 23.9. The molecule has 0 saturated heterocycles. The van der Waals surface area contributed by atoms with Crippen molar-refractivity contribution in [3.8, 4) is 22.8 Å². The van der Waals surface area contributed by atoms with Crippen LogP contribution in [-0.4, -0.2) is 52.8 Å². The lowest BCUT2D eigenvalue weighted by Gasteiger charge is -2.20. The highest BCUT2D eigenvalue weighted by atomic mass is 32.2. The van der Waals surface area contributed by atoms with Crippen LogP contribution < -0.4 is 15.1 Å². The number of aromatic nitrogens is 3. The summed E-state index contributed by atoms with van der Waals surface area (Å²) in [5.74, 6) is 1.37. The Morgan fingerprint density at radius 3 is 2.32 bits per heavy atom. The second kappa shape index (κ2) is 12.9. The highest BCUT2D eigenvalue weighted by Crippen LogP contribution is 2.29. The van der Waals surface area contributed by atoms with Crippen LogP contribution >= 0.6 is 11.8 Å². The van der Waals surface area contributed by atoms with Crippen LogP contribution in [0.3, 0.4) is 0 Å². The summed E-state index contributed by atoms with van der Waals surface area (Å²) in [4.78, 5) is 14.8. The van der Waals surface area contributed by atoms with Crippen LogP contribution in [0.2, 0.25) is 0 Å². The molecule has 4 aromatic rings. The quantitative estimate of drug-likeness (QED) is 0.161. The molecule has 0 aliphatic carbocycles. The molecule has 0 saturated carbocycles. The van der Waals surface area contributed by atoms with Gasteiger partial charge in [-0.2, -0.15) is 5.10 Å². The van der Waals surface area contributed by atoms with E-state index in [4.69, 9.17) is 4.74 Å². The maximum atomic E-state index is 12.5. The normalized spacial score (nSPS) is 11.1. The molecule has 0 aliphatic rings. The summed E-state index contributed by atoms with van der Waals surface area (Å²) in [7, 11) is 1.63. The van der Waals surface area contributed by atoms with E-state index in [9.17, 15) is 4.79 Å². The highest BCUT2D eigenvalue weighted by Gasteiger charge is 2.17. The van der Waals surface area contributed by atoms with Gasteiger partial charge in [0.05, 0.1) is 19.1 Å². The van der Waals surface area contributed by atoms with E-state index >= 15 is 0 Å². The summed E-state index contributed by atoms with van der Waals surface area (Å²) in [5.41, 5.74) is 7.66. The number of benzene rings is 3. The number of hydrazone groups is 1. The standard InChI is InChI=1S/C29H32N6O2S/c1-5-34(6-2)24-13-9-22(10-14-24)19-30-31-27(36)20-38-29-33-32-28(23-11-7-21(3)8-12-23)35(29)25-15-17-26(37-4)18-16-25/h7-19H,5-6,20H2,1-4H3,(H,31,36). The van der Waals surface area contributed by atoms with Crippen molar-refractivity contribution in [2.75, 3.05) is 30.9 Å². The van der Waals surface area contributed by atoms with Crippen LogP contribution in [0.15, 0.2) is 83.1 Å². The lowest BCUT2D eigenvalue weighted by atomic mass is 10.1. The lowest BCUT2D eigenvalue weighted by molar-refractivity contribution is -0.118. The number of nitrogens with one attached hydrogen (secondary N) is 1. The van der Waals surface area contributed by atoms with Crippen molar-refractivity contribution in [1.82, 2.24) is 20.2 Å². The Hall–Kier alpha value is -4.11. The molecular formula is C29H32N6O2S. The van der Waals surface area contributed by atoms with E-state index < -0.39 is 0 Å². The minimum atomic E-state index is -0.229. The number of anilines is 1. The number of nitrogens with zero attached hydrogens (tertiary/aromatic N) is 5. The van der Waals surface area contributed by atoms with Crippen LogP contribution in [0.5, 0.6) is 5.75 Å². The molecule has 0 bridgehead atoms. The number of carbonyl (C=O) groups excluding carboxylic acids is 1. The van der Waals surface area contributed by atoms with Crippen LogP contribution in [0.4, 0.5) is 5.69 Å². The predicted octanol–water partition coefficient (Wildman–Crippen LogP) is 5.34. The molecule has 4 rings (SSSR count). The summed E-state index contributed by atoms with van der Waals surface area (Å²) >= 11 is 1.30. The van der Waals surface area contributed by atoms with Gasteiger partial charge < -0.3 is 9.64 Å². The predicted molar refractivity (Wildman–Crippen MR) is 155 cm³/mol. The molecule has 0 unspecified atom stereocenters. The van der Waals surface area contributed by atoms with Crippen molar-refractivity contribution < 1.29 is 9.53 Å². The number of hydrogen-bond acceptors (Lipinski definition) is 7. The maximum Gasteiger partial charge on any atom is 0.250 e. The van der Waals surface area contributed by atoms with Gasteiger partial charge in [0.25, 0.3) is 5.91 Å². The molecule has 3 aromatic carbocycles. The Morgan fingerprint density at radius 2 is 1.68 bits per heavy atom. The Balaban J connectivity index is 1.45. The van der Waals surface area contributed by atoms with E-state index in [1.165, 1.54) is 17.4 Å². The van der Waals surface area contributed by atoms with E-state index in [0.29, 0.717) is 11.0 Å². The zero-order chi connectivity index (χ0) is 26.9. The average Bonchev–Trinajstić information content (AvgIpc) is 3.38. The first-order valence-corrected chi connectivity index (χ1v) is 13.5. The summed E-state index contributed by atoms with van der Waals surface area (Å²) in [6.07, 6.45) is 1.64. The van der Waals surface area contributed by atoms with Gasteiger partial charge in [0.2, 0.25) is 0 Å². The summed E-state index contributed by atoms with van der Waals surface area (Å²) in [5, 5.41) is 13.6. The van der Waals surface area contributed by atoms with Gasteiger partial charge in [-0.15, -0.1) is 10.2 Å². The van der Waals surface area contributed by atoms with Crippen molar-refractivity contribution in [2.45, 2.75) is 25.9 Å². The number of ether oxygens (including phenoxy) is 1. The van der Waals surface area contributed by atoms with Gasteiger partial charge in [-0.25, -0.2) is 5.43 Å². The van der Waals surface area contributed by atoms with Gasteiger partial charge in [-0.1, -0.05) is 53.7 Å². The molecule has 0 spiro atoms. The molecule has 1 amide bonds.